The highest BCUT2D eigenvalue weighted by atomic mass is 32.1. The molecule has 2 aromatic rings. The van der Waals surface area contributed by atoms with Crippen LogP contribution in [0, 0.1) is 5.82 Å². The highest BCUT2D eigenvalue weighted by molar-refractivity contribution is 7.09. The van der Waals surface area contributed by atoms with Gasteiger partial charge in [0, 0.05) is 11.5 Å². The molecule has 1 atom stereocenters. The molecule has 5 heteroatoms. The van der Waals surface area contributed by atoms with Crippen molar-refractivity contribution < 1.29 is 4.39 Å². The topological polar surface area (TPSA) is 37.8 Å². The van der Waals surface area contributed by atoms with Crippen LogP contribution >= 0.6 is 11.5 Å². The van der Waals surface area contributed by atoms with Gasteiger partial charge in [-0.25, -0.2) is 4.39 Å². The molecule has 0 amide bonds. The lowest BCUT2D eigenvalue weighted by atomic mass is 10.1. The summed E-state index contributed by atoms with van der Waals surface area (Å²) in [6.45, 7) is 0. The van der Waals surface area contributed by atoms with Gasteiger partial charge in [0.05, 0.1) is 12.2 Å². The van der Waals surface area contributed by atoms with Gasteiger partial charge >= 0.3 is 0 Å². The second-order valence-corrected chi connectivity index (χ2v) is 4.65. The predicted octanol–water partition coefficient (Wildman–Crippen LogP) is 2.78. The van der Waals surface area contributed by atoms with Crippen LogP contribution in [0.3, 0.4) is 0 Å². The van der Waals surface area contributed by atoms with E-state index in [1.807, 2.05) is 6.07 Å². The molecule has 1 aromatic heterocycles. The van der Waals surface area contributed by atoms with E-state index >= 15 is 0 Å². The van der Waals surface area contributed by atoms with Gasteiger partial charge in [0.1, 0.15) is 10.8 Å². The van der Waals surface area contributed by atoms with Crippen LogP contribution in [-0.4, -0.2) is 9.59 Å². The molecule has 0 spiro atoms. The number of nitrogens with zero attached hydrogens (tertiary/aromatic N) is 2. The maximum Gasteiger partial charge on any atom is 0.130 e. The van der Waals surface area contributed by atoms with Gasteiger partial charge in [-0.3, -0.25) is 0 Å². The van der Waals surface area contributed by atoms with Gasteiger partial charge in [-0.2, -0.15) is 0 Å². The lowest BCUT2D eigenvalue weighted by Gasteiger charge is -2.12. The first-order valence-electron chi connectivity index (χ1n) is 5.15. The summed E-state index contributed by atoms with van der Waals surface area (Å²) in [5, 5.41) is 8.11. The van der Waals surface area contributed by atoms with Crippen molar-refractivity contribution in [2.45, 2.75) is 18.9 Å². The second kappa shape index (κ2) is 3.83. The molecule has 1 aliphatic carbocycles. The predicted molar refractivity (Wildman–Crippen MR) is 61.0 cm³/mol. The molecular weight excluding hydrogens is 225 g/mol. The van der Waals surface area contributed by atoms with Crippen molar-refractivity contribution >= 4 is 16.5 Å². The molecule has 1 heterocycles. The van der Waals surface area contributed by atoms with Crippen LogP contribution in [0.2, 0.25) is 0 Å². The minimum absolute atomic E-state index is 0.154. The Morgan fingerprint density at radius 3 is 3.19 bits per heavy atom. The van der Waals surface area contributed by atoms with E-state index in [1.54, 1.807) is 12.3 Å². The summed E-state index contributed by atoms with van der Waals surface area (Å²) in [7, 11) is 0. The average molecular weight is 235 g/mol. The maximum absolute atomic E-state index is 13.0. The Morgan fingerprint density at radius 2 is 2.38 bits per heavy atom. The minimum atomic E-state index is -0.154. The van der Waals surface area contributed by atoms with Crippen molar-refractivity contribution in [2.75, 3.05) is 5.32 Å². The molecule has 1 aliphatic rings. The van der Waals surface area contributed by atoms with E-state index < -0.39 is 0 Å². The van der Waals surface area contributed by atoms with Gasteiger partial charge in [-0.15, -0.1) is 5.10 Å². The van der Waals surface area contributed by atoms with Crippen LogP contribution < -0.4 is 5.32 Å². The summed E-state index contributed by atoms with van der Waals surface area (Å²) in [5.74, 6) is -0.154. The Labute approximate surface area is 96.5 Å². The van der Waals surface area contributed by atoms with Gasteiger partial charge in [-0.05, 0) is 36.1 Å². The molecular formula is C11H10FN3S. The van der Waals surface area contributed by atoms with Crippen LogP contribution in [0.25, 0.3) is 0 Å². The van der Waals surface area contributed by atoms with Gasteiger partial charge in [0.15, 0.2) is 0 Å². The van der Waals surface area contributed by atoms with Crippen molar-refractivity contribution in [1.29, 1.82) is 0 Å². The summed E-state index contributed by atoms with van der Waals surface area (Å²) >= 11 is 1.34. The first-order valence-corrected chi connectivity index (χ1v) is 5.92. The number of aryl methyl sites for hydroxylation is 1. The third kappa shape index (κ3) is 1.67. The summed E-state index contributed by atoms with van der Waals surface area (Å²) in [6, 6.07) is 5.27. The van der Waals surface area contributed by atoms with Crippen LogP contribution in [0.5, 0.6) is 0 Å². The fourth-order valence-corrected chi connectivity index (χ4v) is 2.61. The molecule has 0 saturated heterocycles. The molecule has 3 rings (SSSR count). The third-order valence-electron chi connectivity index (χ3n) is 2.86. The molecule has 0 saturated carbocycles. The summed E-state index contributed by atoms with van der Waals surface area (Å²) < 4.78 is 16.8. The van der Waals surface area contributed by atoms with E-state index in [4.69, 9.17) is 0 Å². The zero-order chi connectivity index (χ0) is 11.0. The van der Waals surface area contributed by atoms with Gasteiger partial charge < -0.3 is 5.32 Å². The fourth-order valence-electron chi connectivity index (χ4n) is 2.14. The smallest absolute Gasteiger partial charge is 0.130 e. The Hall–Kier alpha value is -1.49. The molecule has 0 radical (unpaired) electrons. The molecule has 0 bridgehead atoms. The van der Waals surface area contributed by atoms with Gasteiger partial charge in [0.2, 0.25) is 0 Å². The van der Waals surface area contributed by atoms with Crippen LogP contribution in [0.15, 0.2) is 24.4 Å². The SMILES string of the molecule is Fc1ccc2c(c1)CCC2Nc1cnns1. The number of aromatic nitrogens is 2. The molecule has 16 heavy (non-hydrogen) atoms. The van der Waals surface area contributed by atoms with Gasteiger partial charge in [0.25, 0.3) is 0 Å². The summed E-state index contributed by atoms with van der Waals surface area (Å²) in [5.41, 5.74) is 2.30. The van der Waals surface area contributed by atoms with Gasteiger partial charge in [-0.1, -0.05) is 10.6 Å². The Kier molecular flexibility index (Phi) is 2.32. The molecule has 0 aliphatic heterocycles. The van der Waals surface area contributed by atoms with Crippen molar-refractivity contribution in [1.82, 2.24) is 9.59 Å². The Morgan fingerprint density at radius 1 is 1.44 bits per heavy atom. The molecule has 82 valence electrons. The van der Waals surface area contributed by atoms with E-state index in [0.717, 1.165) is 23.4 Å². The van der Waals surface area contributed by atoms with E-state index in [1.165, 1.54) is 23.2 Å². The minimum Gasteiger partial charge on any atom is -0.368 e. The third-order valence-corrected chi connectivity index (χ3v) is 3.46. The summed E-state index contributed by atoms with van der Waals surface area (Å²) in [4.78, 5) is 0. The number of fused-ring (bicyclic) bond motifs is 1. The summed E-state index contributed by atoms with van der Waals surface area (Å²) in [6.07, 6.45) is 3.64. The van der Waals surface area contributed by atoms with Crippen molar-refractivity contribution in [2.24, 2.45) is 0 Å². The number of benzene rings is 1. The van der Waals surface area contributed by atoms with E-state index in [-0.39, 0.29) is 11.9 Å². The average Bonchev–Trinajstić information content (AvgIpc) is 2.89. The molecule has 0 fully saturated rings. The Bertz CT molecular complexity index is 498. The standard InChI is InChI=1S/C11H10FN3S/c12-8-2-3-9-7(5-8)1-4-10(9)14-11-6-13-15-16-11/h2-3,5-6,10,14H,1,4H2. The normalized spacial score (nSPS) is 18.4. The second-order valence-electron chi connectivity index (χ2n) is 3.86. The first-order chi connectivity index (χ1) is 7.83. The molecule has 1 aromatic carbocycles. The monoisotopic (exact) mass is 235 g/mol. The number of hydrogen-bond acceptors (Lipinski definition) is 4. The number of rotatable bonds is 2. The molecule has 1 unspecified atom stereocenters. The largest absolute Gasteiger partial charge is 0.368 e. The van der Waals surface area contributed by atoms with E-state index in [2.05, 4.69) is 14.9 Å². The number of nitrogens with one attached hydrogen (secondary N) is 1. The van der Waals surface area contributed by atoms with Crippen LogP contribution in [0.4, 0.5) is 9.39 Å². The quantitative estimate of drug-likeness (QED) is 0.869. The van der Waals surface area contributed by atoms with Crippen molar-refractivity contribution in [3.63, 3.8) is 0 Å². The Balaban J connectivity index is 1.86. The van der Waals surface area contributed by atoms with Crippen LogP contribution in [-0.2, 0) is 6.42 Å². The van der Waals surface area contributed by atoms with Crippen LogP contribution in [0.1, 0.15) is 23.6 Å². The maximum atomic E-state index is 13.0. The highest BCUT2D eigenvalue weighted by Gasteiger charge is 2.22. The van der Waals surface area contributed by atoms with E-state index in [9.17, 15) is 4.39 Å². The molecule has 1 N–H and O–H groups in total. The zero-order valence-electron chi connectivity index (χ0n) is 8.48. The first kappa shape index (κ1) is 9.72. The fraction of sp³-hybridized carbons (Fsp3) is 0.273. The van der Waals surface area contributed by atoms with Crippen molar-refractivity contribution in [3.05, 3.63) is 41.3 Å². The number of hydrogen-bond donors (Lipinski definition) is 1. The lowest BCUT2D eigenvalue weighted by molar-refractivity contribution is 0.626. The highest BCUT2D eigenvalue weighted by Crippen LogP contribution is 2.34. The number of anilines is 1. The van der Waals surface area contributed by atoms with E-state index in [0.29, 0.717) is 0 Å². The molecule has 3 nitrogen and oxygen atoms in total. The lowest BCUT2D eigenvalue weighted by Crippen LogP contribution is -2.05. The zero-order valence-corrected chi connectivity index (χ0v) is 9.30. The number of halogens is 1. The van der Waals surface area contributed by atoms with Crippen molar-refractivity contribution in [3.8, 4) is 0 Å².